The molecule has 2 N–H and O–H groups in total. The van der Waals surface area contributed by atoms with Gasteiger partial charge in [-0.25, -0.2) is 4.79 Å². The highest BCUT2D eigenvalue weighted by Gasteiger charge is 2.25. The minimum absolute atomic E-state index is 0.0528. The number of aromatic hydroxyl groups is 1. The lowest BCUT2D eigenvalue weighted by Gasteiger charge is -2.13. The summed E-state index contributed by atoms with van der Waals surface area (Å²) < 4.78 is 0. The van der Waals surface area contributed by atoms with Gasteiger partial charge in [0.05, 0.1) is 5.69 Å². The van der Waals surface area contributed by atoms with Crippen LogP contribution in [0.15, 0.2) is 40.6 Å². The summed E-state index contributed by atoms with van der Waals surface area (Å²) in [6.45, 7) is 5.64. The van der Waals surface area contributed by atoms with Gasteiger partial charge in [0.15, 0.2) is 11.4 Å². The van der Waals surface area contributed by atoms with Gasteiger partial charge in [0, 0.05) is 5.41 Å². The molecule has 0 saturated carbocycles. The second kappa shape index (κ2) is 6.63. The van der Waals surface area contributed by atoms with Crippen molar-refractivity contribution in [1.82, 2.24) is 4.98 Å². The van der Waals surface area contributed by atoms with Gasteiger partial charge < -0.3 is 20.3 Å². The average molecular weight is 344 g/mol. The fraction of sp³-hybridized carbons (Fsp3) is 0.250. The van der Waals surface area contributed by atoms with Gasteiger partial charge in [-0.15, -0.1) is 5.11 Å². The monoisotopic (exact) mass is 344 g/mol. The minimum atomic E-state index is -1.32. The van der Waals surface area contributed by atoms with E-state index in [0.717, 1.165) is 12.1 Å². The van der Waals surface area contributed by atoms with Crippen molar-refractivity contribution in [3.05, 3.63) is 51.7 Å². The second-order valence-electron chi connectivity index (χ2n) is 6.25. The van der Waals surface area contributed by atoms with Crippen LogP contribution in [-0.4, -0.2) is 26.1 Å². The molecule has 0 fully saturated rings. The fourth-order valence-corrected chi connectivity index (χ4v) is 1.94. The van der Waals surface area contributed by atoms with Crippen LogP contribution >= 0.6 is 0 Å². The normalized spacial score (nSPS) is 11.6. The van der Waals surface area contributed by atoms with Gasteiger partial charge >= 0.3 is 11.8 Å². The largest absolute Gasteiger partial charge is 0.507 e. The van der Waals surface area contributed by atoms with Crippen LogP contribution in [0.25, 0.3) is 0 Å². The second-order valence-corrected chi connectivity index (χ2v) is 6.25. The predicted octanol–water partition coefficient (Wildman–Crippen LogP) is 4.11. The van der Waals surface area contributed by atoms with E-state index >= 15 is 0 Å². The smallest absolute Gasteiger partial charge is 0.391 e. The molecule has 0 radical (unpaired) electrons. The summed E-state index contributed by atoms with van der Waals surface area (Å²) in [4.78, 5) is 25.6. The van der Waals surface area contributed by atoms with E-state index in [9.17, 15) is 20.0 Å². The third-order valence-electron chi connectivity index (χ3n) is 3.28. The molecule has 2 aromatic rings. The van der Waals surface area contributed by atoms with Crippen molar-refractivity contribution in [2.24, 2.45) is 10.2 Å². The molecule has 9 nitrogen and oxygen atoms in total. The fourth-order valence-electron chi connectivity index (χ4n) is 1.94. The summed E-state index contributed by atoms with van der Waals surface area (Å²) in [6, 6.07) is 6.68. The number of carboxylic acid groups (broad SMARTS) is 1. The Morgan fingerprint density at radius 3 is 2.44 bits per heavy atom. The molecule has 25 heavy (non-hydrogen) atoms. The van der Waals surface area contributed by atoms with Crippen LogP contribution in [0.2, 0.25) is 0 Å². The Labute approximate surface area is 142 Å². The SMILES string of the molecule is CC(C)(C)c1ccc(N=Nc2ccc(O)c(C(=O)O)c2)c([N+](=O)[O-])n1. The number of aromatic carboxylic acids is 1. The number of carboxylic acids is 1. The van der Waals surface area contributed by atoms with E-state index in [-0.39, 0.29) is 22.4 Å². The van der Waals surface area contributed by atoms with E-state index < -0.39 is 22.5 Å². The maximum Gasteiger partial charge on any atom is 0.391 e. The number of carbonyl (C=O) groups is 1. The number of aromatic nitrogens is 1. The molecule has 2 rings (SSSR count). The van der Waals surface area contributed by atoms with Gasteiger partial charge in [0.2, 0.25) is 0 Å². The molecule has 1 heterocycles. The van der Waals surface area contributed by atoms with Crippen molar-refractivity contribution < 1.29 is 19.9 Å². The highest BCUT2D eigenvalue weighted by Crippen LogP contribution is 2.31. The van der Waals surface area contributed by atoms with E-state index in [4.69, 9.17) is 5.11 Å². The standard InChI is InChI=1S/C16H16N4O5/c1-16(2,3)13-7-5-11(14(17-13)20(24)25)19-18-9-4-6-12(21)10(8-9)15(22)23/h4-8,21H,1-3H3,(H,22,23). The molecule has 0 bridgehead atoms. The maximum absolute atomic E-state index is 11.2. The average Bonchev–Trinajstić information content (AvgIpc) is 2.52. The van der Waals surface area contributed by atoms with Crippen LogP contribution in [0.4, 0.5) is 17.2 Å². The predicted molar refractivity (Wildman–Crippen MR) is 88.8 cm³/mol. The van der Waals surface area contributed by atoms with Crippen molar-refractivity contribution in [3.8, 4) is 5.75 Å². The zero-order chi connectivity index (χ0) is 18.8. The first kappa shape index (κ1) is 18.0. The first-order valence-electron chi connectivity index (χ1n) is 7.23. The molecule has 0 saturated heterocycles. The number of phenols is 1. The molecule has 0 aliphatic rings. The Morgan fingerprint density at radius 1 is 1.20 bits per heavy atom. The lowest BCUT2D eigenvalue weighted by molar-refractivity contribution is -0.388. The zero-order valence-electron chi connectivity index (χ0n) is 13.8. The number of pyridine rings is 1. The number of nitro groups is 1. The first-order chi connectivity index (χ1) is 11.6. The van der Waals surface area contributed by atoms with E-state index in [1.807, 2.05) is 20.8 Å². The number of nitrogens with zero attached hydrogens (tertiary/aromatic N) is 4. The van der Waals surface area contributed by atoms with Gasteiger partial charge in [-0.3, -0.25) is 0 Å². The van der Waals surface area contributed by atoms with Crippen LogP contribution in [-0.2, 0) is 5.41 Å². The molecule has 130 valence electrons. The summed E-state index contributed by atoms with van der Waals surface area (Å²) in [5.74, 6) is -2.17. The van der Waals surface area contributed by atoms with Crippen molar-refractivity contribution >= 4 is 23.2 Å². The summed E-state index contributed by atoms with van der Waals surface area (Å²) in [7, 11) is 0. The van der Waals surface area contributed by atoms with Crippen molar-refractivity contribution in [2.45, 2.75) is 26.2 Å². The topological polar surface area (TPSA) is 138 Å². The summed E-state index contributed by atoms with van der Waals surface area (Å²) >= 11 is 0. The summed E-state index contributed by atoms with van der Waals surface area (Å²) in [5, 5.41) is 37.3. The van der Waals surface area contributed by atoms with E-state index in [2.05, 4.69) is 15.2 Å². The molecular formula is C16H16N4O5. The van der Waals surface area contributed by atoms with Crippen LogP contribution in [0.5, 0.6) is 5.75 Å². The zero-order valence-corrected chi connectivity index (χ0v) is 13.8. The van der Waals surface area contributed by atoms with Crippen molar-refractivity contribution in [2.75, 3.05) is 0 Å². The molecule has 0 atom stereocenters. The highest BCUT2D eigenvalue weighted by molar-refractivity contribution is 5.91. The van der Waals surface area contributed by atoms with Gasteiger partial charge in [-0.1, -0.05) is 20.8 Å². The third kappa shape index (κ3) is 4.14. The molecule has 0 aliphatic heterocycles. The summed E-state index contributed by atoms with van der Waals surface area (Å²) in [6.07, 6.45) is 0. The number of benzene rings is 1. The van der Waals surface area contributed by atoms with Crippen molar-refractivity contribution in [1.29, 1.82) is 0 Å². The van der Waals surface area contributed by atoms with E-state index in [0.29, 0.717) is 5.69 Å². The number of rotatable bonds is 4. The van der Waals surface area contributed by atoms with Crippen molar-refractivity contribution in [3.63, 3.8) is 0 Å². The molecule has 0 unspecified atom stereocenters. The van der Waals surface area contributed by atoms with Gasteiger partial charge in [0.25, 0.3) is 0 Å². The lowest BCUT2D eigenvalue weighted by Crippen LogP contribution is -2.14. The van der Waals surface area contributed by atoms with Crippen LogP contribution in [0.1, 0.15) is 36.8 Å². The maximum atomic E-state index is 11.2. The Bertz CT molecular complexity index is 871. The number of hydrogen-bond acceptors (Lipinski definition) is 7. The van der Waals surface area contributed by atoms with Crippen LogP contribution < -0.4 is 0 Å². The van der Waals surface area contributed by atoms with E-state index in [1.54, 1.807) is 6.07 Å². The third-order valence-corrected chi connectivity index (χ3v) is 3.28. The Kier molecular flexibility index (Phi) is 4.77. The first-order valence-corrected chi connectivity index (χ1v) is 7.23. The minimum Gasteiger partial charge on any atom is -0.507 e. The molecule has 0 aliphatic carbocycles. The molecule has 1 aromatic heterocycles. The molecule has 0 spiro atoms. The Morgan fingerprint density at radius 2 is 1.88 bits per heavy atom. The molecule has 0 amide bonds. The highest BCUT2D eigenvalue weighted by atomic mass is 16.6. The van der Waals surface area contributed by atoms with Crippen LogP contribution in [0, 0.1) is 10.1 Å². The van der Waals surface area contributed by atoms with Crippen LogP contribution in [0.3, 0.4) is 0 Å². The van der Waals surface area contributed by atoms with E-state index in [1.165, 1.54) is 12.1 Å². The van der Waals surface area contributed by atoms with Gasteiger partial charge in [-0.05, 0) is 40.2 Å². The van der Waals surface area contributed by atoms with Gasteiger partial charge in [-0.2, -0.15) is 5.11 Å². The molecular weight excluding hydrogens is 328 g/mol. The quantitative estimate of drug-likeness (QED) is 0.486. The Hall–Kier alpha value is -3.36. The number of hydrogen-bond donors (Lipinski definition) is 2. The lowest BCUT2D eigenvalue weighted by atomic mass is 9.91. The Balaban J connectivity index is 2.43. The molecule has 9 heteroatoms. The molecule has 1 aromatic carbocycles. The summed E-state index contributed by atoms with van der Waals surface area (Å²) in [5.41, 5.74) is -0.0937. The van der Waals surface area contributed by atoms with Gasteiger partial charge in [0.1, 0.15) is 11.3 Å². The number of azo groups is 1.